The van der Waals surface area contributed by atoms with Crippen molar-refractivity contribution in [2.75, 3.05) is 5.32 Å². The van der Waals surface area contributed by atoms with Crippen LogP contribution in [0.4, 0.5) is 5.69 Å². The largest absolute Gasteiger partial charge is 0.324 e. The van der Waals surface area contributed by atoms with Crippen molar-refractivity contribution in [1.82, 2.24) is 14.8 Å². The lowest BCUT2D eigenvalue weighted by Crippen LogP contribution is -2.48. The molecule has 1 aliphatic carbocycles. The van der Waals surface area contributed by atoms with Gasteiger partial charge in [-0.25, -0.2) is 0 Å². The number of carbonyl (C=O) groups excluding carboxylic acids is 1. The summed E-state index contributed by atoms with van der Waals surface area (Å²) >= 11 is 0. The molecule has 22 heavy (non-hydrogen) atoms. The molecular formula is C16H21N5O. The van der Waals surface area contributed by atoms with Crippen molar-refractivity contribution in [3.05, 3.63) is 30.6 Å². The minimum absolute atomic E-state index is 0.0980. The van der Waals surface area contributed by atoms with Gasteiger partial charge in [0.05, 0.1) is 5.54 Å². The first-order chi connectivity index (χ1) is 10.6. The predicted octanol–water partition coefficient (Wildman–Crippen LogP) is 2.17. The molecule has 2 aromatic rings. The third-order valence-electron chi connectivity index (χ3n) is 4.28. The molecule has 0 atom stereocenters. The summed E-state index contributed by atoms with van der Waals surface area (Å²) in [7, 11) is 0. The molecular weight excluding hydrogens is 278 g/mol. The molecule has 0 unspecified atom stereocenters. The van der Waals surface area contributed by atoms with E-state index in [9.17, 15) is 4.79 Å². The van der Waals surface area contributed by atoms with Crippen molar-refractivity contribution in [3.8, 4) is 11.4 Å². The topological polar surface area (TPSA) is 85.8 Å². The van der Waals surface area contributed by atoms with Crippen LogP contribution in [-0.4, -0.2) is 26.2 Å². The van der Waals surface area contributed by atoms with E-state index in [1.807, 2.05) is 35.8 Å². The number of nitrogens with two attached hydrogens (primary N) is 1. The lowest BCUT2D eigenvalue weighted by atomic mass is 9.98. The molecule has 0 aliphatic heterocycles. The number of aromatic nitrogens is 3. The Bertz CT molecular complexity index is 673. The number of amides is 1. The summed E-state index contributed by atoms with van der Waals surface area (Å²) in [6.45, 7) is 2.83. The first kappa shape index (κ1) is 14.7. The summed E-state index contributed by atoms with van der Waals surface area (Å²) in [6, 6.07) is 7.63. The summed E-state index contributed by atoms with van der Waals surface area (Å²) in [4.78, 5) is 12.4. The van der Waals surface area contributed by atoms with Gasteiger partial charge in [0, 0.05) is 17.8 Å². The van der Waals surface area contributed by atoms with Crippen LogP contribution in [-0.2, 0) is 11.3 Å². The van der Waals surface area contributed by atoms with E-state index in [0.717, 1.165) is 49.3 Å². The Morgan fingerprint density at radius 2 is 2.18 bits per heavy atom. The van der Waals surface area contributed by atoms with E-state index in [-0.39, 0.29) is 5.91 Å². The molecule has 1 amide bonds. The second-order valence-corrected chi connectivity index (χ2v) is 5.84. The van der Waals surface area contributed by atoms with E-state index in [4.69, 9.17) is 5.73 Å². The Labute approximate surface area is 129 Å². The monoisotopic (exact) mass is 299 g/mol. The van der Waals surface area contributed by atoms with Crippen LogP contribution in [0.25, 0.3) is 11.4 Å². The zero-order chi connectivity index (χ0) is 15.6. The number of rotatable bonds is 4. The molecule has 6 heteroatoms. The summed E-state index contributed by atoms with van der Waals surface area (Å²) in [6.07, 6.45) is 5.24. The molecule has 1 aromatic carbocycles. The fraction of sp³-hybridized carbons (Fsp3) is 0.438. The highest BCUT2D eigenvalue weighted by Crippen LogP contribution is 2.29. The summed E-state index contributed by atoms with van der Waals surface area (Å²) in [5.41, 5.74) is 7.13. The molecule has 0 saturated heterocycles. The highest BCUT2D eigenvalue weighted by Gasteiger charge is 2.36. The van der Waals surface area contributed by atoms with E-state index in [2.05, 4.69) is 15.5 Å². The molecule has 0 radical (unpaired) electrons. The zero-order valence-corrected chi connectivity index (χ0v) is 12.7. The minimum atomic E-state index is -0.723. The molecule has 0 bridgehead atoms. The van der Waals surface area contributed by atoms with Crippen LogP contribution >= 0.6 is 0 Å². The van der Waals surface area contributed by atoms with Gasteiger partial charge in [0.2, 0.25) is 5.91 Å². The SMILES string of the molecule is CCn1cnnc1-c1cccc(NC(=O)C2(N)CCCC2)c1. The maximum Gasteiger partial charge on any atom is 0.244 e. The summed E-state index contributed by atoms with van der Waals surface area (Å²) < 4.78 is 1.96. The molecule has 1 aromatic heterocycles. The molecule has 1 fully saturated rings. The average molecular weight is 299 g/mol. The summed E-state index contributed by atoms with van der Waals surface area (Å²) in [5, 5.41) is 11.0. The molecule has 116 valence electrons. The Balaban J connectivity index is 1.81. The number of nitrogens with zero attached hydrogens (tertiary/aromatic N) is 3. The molecule has 1 saturated carbocycles. The third kappa shape index (κ3) is 2.74. The first-order valence-corrected chi connectivity index (χ1v) is 7.71. The van der Waals surface area contributed by atoms with Crippen molar-refractivity contribution in [3.63, 3.8) is 0 Å². The van der Waals surface area contributed by atoms with E-state index in [1.54, 1.807) is 6.33 Å². The summed E-state index contributed by atoms with van der Waals surface area (Å²) in [5.74, 6) is 0.695. The number of hydrogen-bond acceptors (Lipinski definition) is 4. The number of hydrogen-bond donors (Lipinski definition) is 2. The minimum Gasteiger partial charge on any atom is -0.324 e. The molecule has 1 aliphatic rings. The standard InChI is InChI=1S/C16H21N5O/c1-2-21-11-18-20-14(21)12-6-5-7-13(10-12)19-15(22)16(17)8-3-4-9-16/h5-7,10-11H,2-4,8-9,17H2,1H3,(H,19,22). The van der Waals surface area contributed by atoms with Crippen LogP contribution in [0, 0.1) is 0 Å². The lowest BCUT2D eigenvalue weighted by Gasteiger charge is -2.22. The van der Waals surface area contributed by atoms with Gasteiger partial charge >= 0.3 is 0 Å². The van der Waals surface area contributed by atoms with Crippen LogP contribution in [0.15, 0.2) is 30.6 Å². The van der Waals surface area contributed by atoms with Crippen molar-refractivity contribution >= 4 is 11.6 Å². The fourth-order valence-corrected chi connectivity index (χ4v) is 2.93. The molecule has 6 nitrogen and oxygen atoms in total. The highest BCUT2D eigenvalue weighted by molar-refractivity contribution is 5.98. The number of carbonyl (C=O) groups is 1. The molecule has 3 N–H and O–H groups in total. The van der Waals surface area contributed by atoms with Gasteiger partial charge in [0.1, 0.15) is 6.33 Å². The van der Waals surface area contributed by atoms with Crippen molar-refractivity contribution in [1.29, 1.82) is 0 Å². The van der Waals surface area contributed by atoms with Crippen molar-refractivity contribution < 1.29 is 4.79 Å². The van der Waals surface area contributed by atoms with Gasteiger partial charge in [0.25, 0.3) is 0 Å². The number of benzene rings is 1. The van der Waals surface area contributed by atoms with E-state index < -0.39 is 5.54 Å². The third-order valence-corrected chi connectivity index (χ3v) is 4.28. The van der Waals surface area contributed by atoms with E-state index in [1.165, 1.54) is 0 Å². The van der Waals surface area contributed by atoms with Crippen molar-refractivity contribution in [2.45, 2.75) is 44.7 Å². The Hall–Kier alpha value is -2.21. The number of anilines is 1. The van der Waals surface area contributed by atoms with Crippen LogP contribution < -0.4 is 11.1 Å². The zero-order valence-electron chi connectivity index (χ0n) is 12.7. The lowest BCUT2D eigenvalue weighted by molar-refractivity contribution is -0.121. The van der Waals surface area contributed by atoms with Gasteiger partial charge in [-0.15, -0.1) is 10.2 Å². The van der Waals surface area contributed by atoms with Gasteiger partial charge in [0.15, 0.2) is 5.82 Å². The number of aryl methyl sites for hydroxylation is 1. The smallest absolute Gasteiger partial charge is 0.244 e. The maximum absolute atomic E-state index is 12.4. The Morgan fingerprint density at radius 3 is 2.91 bits per heavy atom. The van der Waals surface area contributed by atoms with Crippen molar-refractivity contribution in [2.24, 2.45) is 5.73 Å². The molecule has 1 heterocycles. The van der Waals surface area contributed by atoms with Gasteiger partial charge in [-0.3, -0.25) is 4.79 Å². The highest BCUT2D eigenvalue weighted by atomic mass is 16.2. The second kappa shape index (κ2) is 5.88. The van der Waals surface area contributed by atoms with Gasteiger partial charge < -0.3 is 15.6 Å². The predicted molar refractivity (Wildman–Crippen MR) is 85.1 cm³/mol. The Morgan fingerprint density at radius 1 is 1.41 bits per heavy atom. The quantitative estimate of drug-likeness (QED) is 0.906. The van der Waals surface area contributed by atoms with Crippen LogP contribution in [0.5, 0.6) is 0 Å². The van der Waals surface area contributed by atoms with Crippen LogP contribution in [0.3, 0.4) is 0 Å². The maximum atomic E-state index is 12.4. The Kier molecular flexibility index (Phi) is 3.94. The first-order valence-electron chi connectivity index (χ1n) is 7.71. The van der Waals surface area contributed by atoms with Gasteiger partial charge in [-0.05, 0) is 31.9 Å². The van der Waals surface area contributed by atoms with Gasteiger partial charge in [-0.2, -0.15) is 0 Å². The van der Waals surface area contributed by atoms with Gasteiger partial charge in [-0.1, -0.05) is 25.0 Å². The second-order valence-electron chi connectivity index (χ2n) is 5.84. The van der Waals surface area contributed by atoms with Crippen LogP contribution in [0.2, 0.25) is 0 Å². The number of nitrogens with one attached hydrogen (secondary N) is 1. The fourth-order valence-electron chi connectivity index (χ4n) is 2.93. The van der Waals surface area contributed by atoms with Crippen LogP contribution in [0.1, 0.15) is 32.6 Å². The molecule has 0 spiro atoms. The molecule has 3 rings (SSSR count). The average Bonchev–Trinajstić information content (AvgIpc) is 3.16. The van der Waals surface area contributed by atoms with E-state index in [0.29, 0.717) is 0 Å². The van der Waals surface area contributed by atoms with E-state index >= 15 is 0 Å². The normalized spacial score (nSPS) is 16.6.